The molecule has 1 rings (SSSR count). The molecule has 3 heteroatoms. The van der Waals surface area contributed by atoms with Crippen molar-refractivity contribution in [3.8, 4) is 0 Å². The summed E-state index contributed by atoms with van der Waals surface area (Å²) in [4.78, 5) is 10.8. The van der Waals surface area contributed by atoms with Gasteiger partial charge in [-0.3, -0.25) is 4.79 Å². The van der Waals surface area contributed by atoms with Crippen LogP contribution < -0.4 is 0 Å². The van der Waals surface area contributed by atoms with Crippen LogP contribution in [0, 0.1) is 11.8 Å². The zero-order valence-corrected chi connectivity index (χ0v) is 8.26. The molecule has 0 heterocycles. The maximum Gasteiger partial charge on any atom is 0.305 e. The van der Waals surface area contributed by atoms with E-state index in [0.29, 0.717) is 12.3 Å². The highest BCUT2D eigenvalue weighted by atomic mass is 79.9. The molecule has 0 unspecified atom stereocenters. The van der Waals surface area contributed by atoms with Gasteiger partial charge in [-0.05, 0) is 24.7 Å². The Labute approximate surface area is 75.4 Å². The Bertz CT molecular complexity index is 141. The van der Waals surface area contributed by atoms with Crippen molar-refractivity contribution in [2.24, 2.45) is 11.8 Å². The van der Waals surface area contributed by atoms with Crippen LogP contribution in [0.1, 0.15) is 19.3 Å². The van der Waals surface area contributed by atoms with Gasteiger partial charge in [0.15, 0.2) is 0 Å². The second kappa shape index (κ2) is 4.10. The Balaban J connectivity index is 2.08. The minimum Gasteiger partial charge on any atom is -0.469 e. The average molecular weight is 221 g/mol. The third-order valence-corrected chi connectivity index (χ3v) is 3.15. The molecule has 0 aromatic carbocycles. The zero-order chi connectivity index (χ0) is 8.27. The van der Waals surface area contributed by atoms with Gasteiger partial charge in [-0.2, -0.15) is 0 Å². The van der Waals surface area contributed by atoms with Gasteiger partial charge in [0, 0.05) is 11.8 Å². The third kappa shape index (κ3) is 2.47. The van der Waals surface area contributed by atoms with Gasteiger partial charge in [0.2, 0.25) is 0 Å². The molecule has 0 amide bonds. The molecule has 2 nitrogen and oxygen atoms in total. The van der Waals surface area contributed by atoms with Gasteiger partial charge < -0.3 is 4.74 Å². The summed E-state index contributed by atoms with van der Waals surface area (Å²) in [5.74, 6) is 1.32. The van der Waals surface area contributed by atoms with E-state index < -0.39 is 0 Å². The second-order valence-electron chi connectivity index (χ2n) is 3.14. The normalized spacial score (nSPS) is 29.3. The summed E-state index contributed by atoms with van der Waals surface area (Å²) in [5.41, 5.74) is 0. The van der Waals surface area contributed by atoms with Crippen molar-refractivity contribution in [3.05, 3.63) is 0 Å². The van der Waals surface area contributed by atoms with Crippen LogP contribution in [0.5, 0.6) is 0 Å². The second-order valence-corrected chi connectivity index (χ2v) is 3.79. The first-order chi connectivity index (χ1) is 5.26. The first kappa shape index (κ1) is 9.04. The van der Waals surface area contributed by atoms with Crippen molar-refractivity contribution in [2.45, 2.75) is 19.3 Å². The molecule has 1 saturated carbocycles. The fourth-order valence-corrected chi connectivity index (χ4v) is 2.01. The van der Waals surface area contributed by atoms with E-state index in [1.807, 2.05) is 0 Å². The lowest BCUT2D eigenvalue weighted by Gasteiger charge is -2.33. The van der Waals surface area contributed by atoms with Gasteiger partial charge in [0.25, 0.3) is 0 Å². The van der Waals surface area contributed by atoms with E-state index in [2.05, 4.69) is 20.7 Å². The van der Waals surface area contributed by atoms with Crippen LogP contribution in [0.2, 0.25) is 0 Å². The largest absolute Gasteiger partial charge is 0.469 e. The number of alkyl halides is 1. The molecule has 0 bridgehead atoms. The summed E-state index contributed by atoms with van der Waals surface area (Å²) >= 11 is 3.42. The van der Waals surface area contributed by atoms with E-state index in [-0.39, 0.29) is 5.97 Å². The van der Waals surface area contributed by atoms with Crippen molar-refractivity contribution in [2.75, 3.05) is 12.4 Å². The molecule has 1 fully saturated rings. The SMILES string of the molecule is COC(=O)CC1CC(CBr)C1. The van der Waals surface area contributed by atoms with Crippen LogP contribution in [0.4, 0.5) is 0 Å². The quantitative estimate of drug-likeness (QED) is 0.538. The molecular weight excluding hydrogens is 208 g/mol. The number of hydrogen-bond acceptors (Lipinski definition) is 2. The van der Waals surface area contributed by atoms with E-state index in [0.717, 1.165) is 11.2 Å². The number of carbonyl (C=O) groups is 1. The maximum atomic E-state index is 10.8. The standard InChI is InChI=1S/C8H13BrO2/c1-11-8(10)4-6-2-7(3-6)5-9/h6-7H,2-5H2,1H3. The molecule has 0 aromatic heterocycles. The number of halogens is 1. The van der Waals surface area contributed by atoms with Gasteiger partial charge in [-0.25, -0.2) is 0 Å². The molecule has 0 atom stereocenters. The van der Waals surface area contributed by atoms with Gasteiger partial charge >= 0.3 is 5.97 Å². The molecule has 0 aliphatic heterocycles. The molecule has 64 valence electrons. The molecular formula is C8H13BrO2. The van der Waals surface area contributed by atoms with Gasteiger partial charge in [0.05, 0.1) is 7.11 Å². The highest BCUT2D eigenvalue weighted by molar-refractivity contribution is 9.09. The summed E-state index contributed by atoms with van der Waals surface area (Å²) < 4.78 is 4.57. The summed E-state index contributed by atoms with van der Waals surface area (Å²) in [6.07, 6.45) is 2.97. The van der Waals surface area contributed by atoms with Crippen LogP contribution in [0.25, 0.3) is 0 Å². The highest BCUT2D eigenvalue weighted by Crippen LogP contribution is 2.37. The fourth-order valence-electron chi connectivity index (χ4n) is 1.49. The Morgan fingerprint density at radius 1 is 1.55 bits per heavy atom. The third-order valence-electron chi connectivity index (χ3n) is 2.23. The first-order valence-corrected chi connectivity index (χ1v) is 5.01. The lowest BCUT2D eigenvalue weighted by atomic mass is 9.74. The van der Waals surface area contributed by atoms with Gasteiger partial charge in [0.1, 0.15) is 0 Å². The fraction of sp³-hybridized carbons (Fsp3) is 0.875. The molecule has 0 saturated heterocycles. The maximum absolute atomic E-state index is 10.8. The number of rotatable bonds is 3. The van der Waals surface area contributed by atoms with Crippen LogP contribution >= 0.6 is 15.9 Å². The predicted molar refractivity (Wildman–Crippen MR) is 46.6 cm³/mol. The monoisotopic (exact) mass is 220 g/mol. The van der Waals surface area contributed by atoms with E-state index in [9.17, 15) is 4.79 Å². The number of esters is 1. The number of ether oxygens (including phenoxy) is 1. The predicted octanol–water partition coefficient (Wildman–Crippen LogP) is 1.97. The van der Waals surface area contributed by atoms with Crippen LogP contribution in [-0.4, -0.2) is 18.4 Å². The van der Waals surface area contributed by atoms with Crippen molar-refractivity contribution < 1.29 is 9.53 Å². The van der Waals surface area contributed by atoms with E-state index in [1.165, 1.54) is 20.0 Å². The van der Waals surface area contributed by atoms with E-state index >= 15 is 0 Å². The van der Waals surface area contributed by atoms with E-state index in [4.69, 9.17) is 0 Å². The molecule has 11 heavy (non-hydrogen) atoms. The summed E-state index contributed by atoms with van der Waals surface area (Å²) in [5, 5.41) is 1.07. The van der Waals surface area contributed by atoms with Gasteiger partial charge in [-0.1, -0.05) is 15.9 Å². The molecule has 0 aromatic rings. The van der Waals surface area contributed by atoms with Crippen LogP contribution in [-0.2, 0) is 9.53 Å². The van der Waals surface area contributed by atoms with Crippen molar-refractivity contribution in [1.82, 2.24) is 0 Å². The molecule has 0 spiro atoms. The Morgan fingerprint density at radius 3 is 2.64 bits per heavy atom. The van der Waals surface area contributed by atoms with Crippen molar-refractivity contribution in [3.63, 3.8) is 0 Å². The highest BCUT2D eigenvalue weighted by Gasteiger charge is 2.29. The zero-order valence-electron chi connectivity index (χ0n) is 6.68. The summed E-state index contributed by atoms with van der Waals surface area (Å²) in [6.45, 7) is 0. The van der Waals surface area contributed by atoms with Crippen LogP contribution in [0.3, 0.4) is 0 Å². The lowest BCUT2D eigenvalue weighted by molar-refractivity contribution is -0.142. The first-order valence-electron chi connectivity index (χ1n) is 3.89. The smallest absolute Gasteiger partial charge is 0.305 e. The lowest BCUT2D eigenvalue weighted by Crippen LogP contribution is -2.27. The summed E-state index contributed by atoms with van der Waals surface area (Å²) in [6, 6.07) is 0. The Hall–Kier alpha value is -0.0500. The number of carbonyl (C=O) groups excluding carboxylic acids is 1. The topological polar surface area (TPSA) is 26.3 Å². The number of hydrogen-bond donors (Lipinski definition) is 0. The Kier molecular flexibility index (Phi) is 3.37. The summed E-state index contributed by atoms with van der Waals surface area (Å²) in [7, 11) is 1.45. The minimum atomic E-state index is -0.0666. The average Bonchev–Trinajstić information content (AvgIpc) is 1.95. The van der Waals surface area contributed by atoms with Crippen molar-refractivity contribution in [1.29, 1.82) is 0 Å². The Morgan fingerprint density at radius 2 is 2.18 bits per heavy atom. The molecule has 0 N–H and O–H groups in total. The number of methoxy groups -OCH3 is 1. The van der Waals surface area contributed by atoms with Crippen LogP contribution in [0.15, 0.2) is 0 Å². The molecule has 0 radical (unpaired) electrons. The van der Waals surface area contributed by atoms with E-state index in [1.54, 1.807) is 0 Å². The minimum absolute atomic E-state index is 0.0666. The van der Waals surface area contributed by atoms with Gasteiger partial charge in [-0.15, -0.1) is 0 Å². The van der Waals surface area contributed by atoms with Crippen molar-refractivity contribution >= 4 is 21.9 Å². The molecule has 1 aliphatic carbocycles. The molecule has 1 aliphatic rings.